The van der Waals surface area contributed by atoms with Crippen LogP contribution in [0.2, 0.25) is 0 Å². The third-order valence-electron chi connectivity index (χ3n) is 3.17. The van der Waals surface area contributed by atoms with Crippen molar-refractivity contribution >= 4 is 22.6 Å². The molecule has 0 unspecified atom stereocenters. The highest BCUT2D eigenvalue weighted by atomic mass is 35.5. The van der Waals surface area contributed by atoms with Crippen molar-refractivity contribution in [3.8, 4) is 0 Å². The van der Waals surface area contributed by atoms with E-state index in [1.807, 2.05) is 16.7 Å². The number of hydrogen-bond acceptors (Lipinski definition) is 3. The molecular weight excluding hydrogens is 279 g/mol. The number of fused-ring (bicyclic) bond motifs is 1. The molecule has 0 N–H and O–H groups in total. The summed E-state index contributed by atoms with van der Waals surface area (Å²) in [6.07, 6.45) is 1.62. The topological polar surface area (TPSA) is 43.6 Å². The second kappa shape index (κ2) is 5.17. The van der Waals surface area contributed by atoms with Gasteiger partial charge >= 0.3 is 0 Å². The van der Waals surface area contributed by atoms with Gasteiger partial charge in [-0.15, -0.1) is 11.6 Å². The fraction of sp³-hybridized carbons (Fsp3) is 0.214. The highest BCUT2D eigenvalue weighted by Crippen LogP contribution is 2.22. The minimum Gasteiger partial charge on any atom is -0.321 e. The average molecular weight is 291 g/mol. The van der Waals surface area contributed by atoms with E-state index in [1.165, 1.54) is 6.07 Å². The van der Waals surface area contributed by atoms with E-state index < -0.39 is 0 Å². The van der Waals surface area contributed by atoms with Gasteiger partial charge in [-0.1, -0.05) is 0 Å². The number of imidazole rings is 1. The molecule has 0 aliphatic heterocycles. The predicted molar refractivity (Wildman–Crippen MR) is 75.1 cm³/mol. The monoisotopic (exact) mass is 290 g/mol. The molecule has 20 heavy (non-hydrogen) atoms. The van der Waals surface area contributed by atoms with Crippen molar-refractivity contribution in [1.29, 1.82) is 0 Å². The Labute approximate surface area is 120 Å². The van der Waals surface area contributed by atoms with E-state index in [-0.39, 0.29) is 11.7 Å². The summed E-state index contributed by atoms with van der Waals surface area (Å²) in [5.41, 5.74) is 2.84. The normalized spacial score (nSPS) is 11.2. The molecule has 2 aromatic heterocycles. The molecule has 0 saturated carbocycles. The molecule has 0 saturated heterocycles. The molecule has 0 amide bonds. The van der Waals surface area contributed by atoms with E-state index in [1.54, 1.807) is 19.2 Å². The average Bonchev–Trinajstić information content (AvgIpc) is 2.78. The number of nitrogens with zero attached hydrogens (tertiary/aromatic N) is 4. The third kappa shape index (κ3) is 2.25. The van der Waals surface area contributed by atoms with Crippen LogP contribution < -0.4 is 0 Å². The molecule has 2 heterocycles. The molecule has 0 bridgehead atoms. The Hall–Kier alpha value is -2.01. The fourth-order valence-electron chi connectivity index (χ4n) is 2.16. The van der Waals surface area contributed by atoms with Crippen LogP contribution in [0.25, 0.3) is 11.0 Å². The van der Waals surface area contributed by atoms with Gasteiger partial charge in [-0.05, 0) is 30.7 Å². The molecule has 1 aromatic carbocycles. The Bertz CT molecular complexity index is 755. The first-order valence-electron chi connectivity index (χ1n) is 6.17. The van der Waals surface area contributed by atoms with Crippen LogP contribution >= 0.6 is 11.6 Å². The molecule has 0 spiro atoms. The van der Waals surface area contributed by atoms with E-state index in [4.69, 9.17) is 11.6 Å². The van der Waals surface area contributed by atoms with Gasteiger partial charge in [0.25, 0.3) is 0 Å². The van der Waals surface area contributed by atoms with Crippen LogP contribution in [-0.4, -0.2) is 19.7 Å². The summed E-state index contributed by atoms with van der Waals surface area (Å²) < 4.78 is 15.6. The van der Waals surface area contributed by atoms with Crippen molar-refractivity contribution in [2.45, 2.75) is 19.3 Å². The lowest BCUT2D eigenvalue weighted by atomic mass is 10.2. The van der Waals surface area contributed by atoms with E-state index in [2.05, 4.69) is 15.2 Å². The van der Waals surface area contributed by atoms with Crippen molar-refractivity contribution in [3.63, 3.8) is 0 Å². The molecule has 3 aromatic rings. The molecular formula is C14H12ClFN4. The first kappa shape index (κ1) is 13.0. The SMILES string of the molecule is Cc1cc2c(cc1F)nc(CCl)n2Cc1cccnn1. The van der Waals surface area contributed by atoms with Crippen LogP contribution in [0.5, 0.6) is 0 Å². The van der Waals surface area contributed by atoms with E-state index >= 15 is 0 Å². The zero-order chi connectivity index (χ0) is 14.1. The maximum Gasteiger partial charge on any atom is 0.128 e. The standard InChI is InChI=1S/C14H12ClFN4/c1-9-5-13-12(6-11(9)16)18-14(7-15)20(13)8-10-3-2-4-17-19-10/h2-6H,7-8H2,1H3. The predicted octanol–water partition coefficient (Wildman–Crippen LogP) is 3.06. The van der Waals surface area contributed by atoms with Crippen LogP contribution in [0, 0.1) is 12.7 Å². The number of hydrogen-bond donors (Lipinski definition) is 0. The molecule has 102 valence electrons. The van der Waals surface area contributed by atoms with Gasteiger partial charge in [0.2, 0.25) is 0 Å². The summed E-state index contributed by atoms with van der Waals surface area (Å²) in [4.78, 5) is 4.37. The van der Waals surface area contributed by atoms with Gasteiger partial charge in [-0.3, -0.25) is 0 Å². The zero-order valence-electron chi connectivity index (χ0n) is 10.8. The summed E-state index contributed by atoms with van der Waals surface area (Å²) in [6.45, 7) is 2.24. The van der Waals surface area contributed by atoms with Gasteiger partial charge in [-0.25, -0.2) is 9.37 Å². The molecule has 0 aliphatic rings. The first-order valence-corrected chi connectivity index (χ1v) is 6.70. The number of benzene rings is 1. The summed E-state index contributed by atoms with van der Waals surface area (Å²) in [7, 11) is 0. The smallest absolute Gasteiger partial charge is 0.128 e. The Morgan fingerprint density at radius 1 is 1.35 bits per heavy atom. The van der Waals surface area contributed by atoms with Crippen molar-refractivity contribution in [1.82, 2.24) is 19.7 Å². The summed E-state index contributed by atoms with van der Waals surface area (Å²) >= 11 is 5.94. The molecule has 0 radical (unpaired) electrons. The number of aryl methyl sites for hydroxylation is 1. The van der Waals surface area contributed by atoms with Gasteiger partial charge in [0.1, 0.15) is 11.6 Å². The number of halogens is 2. The molecule has 0 aliphatic carbocycles. The highest BCUT2D eigenvalue weighted by Gasteiger charge is 2.13. The Balaban J connectivity index is 2.15. The number of rotatable bonds is 3. The van der Waals surface area contributed by atoms with Gasteiger partial charge in [0.15, 0.2) is 0 Å². The van der Waals surface area contributed by atoms with Crippen LogP contribution in [0.3, 0.4) is 0 Å². The third-order valence-corrected chi connectivity index (χ3v) is 3.41. The quantitative estimate of drug-likeness (QED) is 0.696. The van der Waals surface area contributed by atoms with Gasteiger partial charge in [-0.2, -0.15) is 10.2 Å². The Morgan fingerprint density at radius 3 is 2.90 bits per heavy atom. The van der Waals surface area contributed by atoms with Gasteiger partial charge in [0, 0.05) is 12.3 Å². The minimum absolute atomic E-state index is 0.260. The van der Waals surface area contributed by atoms with Crippen molar-refractivity contribution in [2.24, 2.45) is 0 Å². The van der Waals surface area contributed by atoms with E-state index in [9.17, 15) is 4.39 Å². The number of alkyl halides is 1. The molecule has 4 nitrogen and oxygen atoms in total. The second-order valence-electron chi connectivity index (χ2n) is 4.55. The van der Waals surface area contributed by atoms with Gasteiger partial charge in [0.05, 0.1) is 29.2 Å². The lowest BCUT2D eigenvalue weighted by Gasteiger charge is -2.07. The molecule has 3 rings (SSSR count). The lowest BCUT2D eigenvalue weighted by Crippen LogP contribution is -2.06. The largest absolute Gasteiger partial charge is 0.321 e. The van der Waals surface area contributed by atoms with Crippen LogP contribution in [0.4, 0.5) is 4.39 Å². The molecule has 6 heteroatoms. The fourth-order valence-corrected chi connectivity index (χ4v) is 2.36. The minimum atomic E-state index is -0.261. The van der Waals surface area contributed by atoms with Crippen molar-refractivity contribution in [2.75, 3.05) is 0 Å². The van der Waals surface area contributed by atoms with E-state index in [0.717, 1.165) is 11.2 Å². The van der Waals surface area contributed by atoms with E-state index in [0.29, 0.717) is 23.4 Å². The lowest BCUT2D eigenvalue weighted by molar-refractivity contribution is 0.620. The Kier molecular flexibility index (Phi) is 3.36. The Morgan fingerprint density at radius 2 is 2.20 bits per heavy atom. The second-order valence-corrected chi connectivity index (χ2v) is 4.82. The van der Waals surface area contributed by atoms with Crippen LogP contribution in [0.15, 0.2) is 30.5 Å². The zero-order valence-corrected chi connectivity index (χ0v) is 11.6. The van der Waals surface area contributed by atoms with Crippen LogP contribution in [-0.2, 0) is 12.4 Å². The van der Waals surface area contributed by atoms with Gasteiger partial charge < -0.3 is 4.57 Å². The molecule has 0 fully saturated rings. The highest BCUT2D eigenvalue weighted by molar-refractivity contribution is 6.16. The summed E-state index contributed by atoms with van der Waals surface area (Å²) in [6, 6.07) is 6.93. The first-order chi connectivity index (χ1) is 9.69. The maximum absolute atomic E-state index is 13.6. The van der Waals surface area contributed by atoms with Crippen molar-refractivity contribution < 1.29 is 4.39 Å². The number of aromatic nitrogens is 4. The maximum atomic E-state index is 13.6. The molecule has 0 atom stereocenters. The van der Waals surface area contributed by atoms with Crippen molar-refractivity contribution in [3.05, 3.63) is 53.4 Å². The summed E-state index contributed by atoms with van der Waals surface area (Å²) in [5, 5.41) is 7.92. The van der Waals surface area contributed by atoms with Crippen LogP contribution in [0.1, 0.15) is 17.1 Å². The summed E-state index contributed by atoms with van der Waals surface area (Å²) in [5.74, 6) is 0.690.